The highest BCUT2D eigenvalue weighted by Gasteiger charge is 2.18. The van der Waals surface area contributed by atoms with E-state index in [0.29, 0.717) is 18.7 Å². The molecule has 1 amide bonds. The number of benzene rings is 2. The molecular weight excluding hydrogens is 380 g/mol. The molecule has 0 bridgehead atoms. The Labute approximate surface area is 155 Å². The second kappa shape index (κ2) is 7.76. The molecule has 0 atom stereocenters. The SMILES string of the molecule is CCN(CCO)C(=O)c1cc(-c2ccc(Br)cc2)nc2ccccc12. The molecule has 1 aromatic heterocycles. The van der Waals surface area contributed by atoms with Crippen molar-refractivity contribution in [2.75, 3.05) is 19.7 Å². The summed E-state index contributed by atoms with van der Waals surface area (Å²) in [7, 11) is 0. The summed E-state index contributed by atoms with van der Waals surface area (Å²) in [5.41, 5.74) is 3.10. The van der Waals surface area contributed by atoms with Gasteiger partial charge >= 0.3 is 0 Å². The van der Waals surface area contributed by atoms with Crippen molar-refractivity contribution in [1.29, 1.82) is 0 Å². The van der Waals surface area contributed by atoms with E-state index < -0.39 is 0 Å². The first-order valence-electron chi connectivity index (χ1n) is 8.20. The van der Waals surface area contributed by atoms with Crippen molar-refractivity contribution in [2.45, 2.75) is 6.92 Å². The highest BCUT2D eigenvalue weighted by molar-refractivity contribution is 9.10. The number of hydrogen-bond acceptors (Lipinski definition) is 3. The van der Waals surface area contributed by atoms with E-state index in [1.54, 1.807) is 4.90 Å². The van der Waals surface area contributed by atoms with Crippen molar-refractivity contribution in [3.05, 3.63) is 64.6 Å². The Morgan fingerprint density at radius 2 is 1.88 bits per heavy atom. The minimum atomic E-state index is -0.0893. The fourth-order valence-electron chi connectivity index (χ4n) is 2.82. The van der Waals surface area contributed by atoms with Crippen LogP contribution in [0.3, 0.4) is 0 Å². The molecule has 1 N–H and O–H groups in total. The van der Waals surface area contributed by atoms with Crippen molar-refractivity contribution in [3.8, 4) is 11.3 Å². The second-order valence-electron chi connectivity index (χ2n) is 5.69. The number of aromatic nitrogens is 1. The summed E-state index contributed by atoms with van der Waals surface area (Å²) >= 11 is 3.44. The first-order chi connectivity index (χ1) is 12.1. The number of aliphatic hydroxyl groups excluding tert-OH is 1. The van der Waals surface area contributed by atoms with Gasteiger partial charge in [-0.1, -0.05) is 46.3 Å². The van der Waals surface area contributed by atoms with Crippen LogP contribution in [0.5, 0.6) is 0 Å². The van der Waals surface area contributed by atoms with E-state index in [0.717, 1.165) is 26.6 Å². The molecule has 0 saturated heterocycles. The van der Waals surface area contributed by atoms with E-state index in [1.807, 2.05) is 61.5 Å². The van der Waals surface area contributed by atoms with E-state index in [-0.39, 0.29) is 12.5 Å². The molecule has 5 heteroatoms. The maximum atomic E-state index is 13.0. The number of halogens is 1. The number of aliphatic hydroxyl groups is 1. The van der Waals surface area contributed by atoms with Gasteiger partial charge in [-0.05, 0) is 31.2 Å². The number of carbonyl (C=O) groups excluding carboxylic acids is 1. The minimum absolute atomic E-state index is 0.0534. The Bertz CT molecular complexity index is 894. The molecule has 0 spiro atoms. The zero-order chi connectivity index (χ0) is 17.8. The maximum absolute atomic E-state index is 13.0. The number of pyridine rings is 1. The van der Waals surface area contributed by atoms with E-state index in [1.165, 1.54) is 0 Å². The topological polar surface area (TPSA) is 53.4 Å². The Morgan fingerprint density at radius 3 is 2.56 bits per heavy atom. The van der Waals surface area contributed by atoms with E-state index in [2.05, 4.69) is 15.9 Å². The zero-order valence-corrected chi connectivity index (χ0v) is 15.5. The molecule has 0 radical (unpaired) electrons. The first kappa shape index (κ1) is 17.6. The highest BCUT2D eigenvalue weighted by Crippen LogP contribution is 2.26. The smallest absolute Gasteiger partial charge is 0.254 e. The van der Waals surface area contributed by atoms with Crippen molar-refractivity contribution < 1.29 is 9.90 Å². The monoisotopic (exact) mass is 398 g/mol. The lowest BCUT2D eigenvalue weighted by Gasteiger charge is -2.21. The van der Waals surface area contributed by atoms with Crippen LogP contribution in [0.2, 0.25) is 0 Å². The lowest BCUT2D eigenvalue weighted by molar-refractivity contribution is 0.0734. The quantitative estimate of drug-likeness (QED) is 0.702. The third-order valence-corrected chi connectivity index (χ3v) is 4.65. The Kier molecular flexibility index (Phi) is 5.46. The molecule has 4 nitrogen and oxygen atoms in total. The van der Waals surface area contributed by atoms with Crippen molar-refractivity contribution in [1.82, 2.24) is 9.88 Å². The van der Waals surface area contributed by atoms with Gasteiger partial charge in [-0.15, -0.1) is 0 Å². The fourth-order valence-corrected chi connectivity index (χ4v) is 3.08. The summed E-state index contributed by atoms with van der Waals surface area (Å²) in [6.07, 6.45) is 0. The van der Waals surface area contributed by atoms with Crippen LogP contribution >= 0.6 is 15.9 Å². The molecule has 0 aliphatic rings. The summed E-state index contributed by atoms with van der Waals surface area (Å²) in [5, 5.41) is 10.0. The standard InChI is InChI=1S/C20H19BrN2O2/c1-2-23(11-12-24)20(25)17-13-19(14-7-9-15(21)10-8-14)22-18-6-4-3-5-16(17)18/h3-10,13,24H,2,11-12H2,1H3. The van der Waals surface area contributed by atoms with Gasteiger partial charge in [0.15, 0.2) is 0 Å². The molecule has 2 aromatic carbocycles. The van der Waals surface area contributed by atoms with Crippen molar-refractivity contribution in [3.63, 3.8) is 0 Å². The normalized spacial score (nSPS) is 10.8. The Balaban J connectivity index is 2.16. The third kappa shape index (κ3) is 3.72. The van der Waals surface area contributed by atoms with Gasteiger partial charge in [-0.25, -0.2) is 4.98 Å². The average molecular weight is 399 g/mol. The van der Waals surface area contributed by atoms with Gasteiger partial charge in [-0.3, -0.25) is 4.79 Å². The number of para-hydroxylation sites is 1. The number of amides is 1. The van der Waals surface area contributed by atoms with E-state index in [9.17, 15) is 9.90 Å². The largest absolute Gasteiger partial charge is 0.395 e. The Morgan fingerprint density at radius 1 is 1.16 bits per heavy atom. The predicted molar refractivity (Wildman–Crippen MR) is 104 cm³/mol. The van der Waals surface area contributed by atoms with Gasteiger partial charge in [0, 0.05) is 28.5 Å². The van der Waals surface area contributed by atoms with Gasteiger partial charge in [0.05, 0.1) is 23.4 Å². The summed E-state index contributed by atoms with van der Waals surface area (Å²) in [5.74, 6) is -0.0893. The molecule has 0 aliphatic heterocycles. The summed E-state index contributed by atoms with van der Waals surface area (Å²) in [6.45, 7) is 2.72. The number of fused-ring (bicyclic) bond motifs is 1. The molecule has 0 aliphatic carbocycles. The van der Waals surface area contributed by atoms with Crippen LogP contribution in [-0.4, -0.2) is 40.6 Å². The minimum Gasteiger partial charge on any atom is -0.395 e. The molecule has 0 saturated carbocycles. The molecule has 1 heterocycles. The summed E-state index contributed by atoms with van der Waals surface area (Å²) < 4.78 is 0.994. The average Bonchev–Trinajstić information content (AvgIpc) is 2.65. The van der Waals surface area contributed by atoms with Crippen molar-refractivity contribution >= 4 is 32.7 Å². The van der Waals surface area contributed by atoms with Gasteiger partial charge in [0.2, 0.25) is 0 Å². The molecular formula is C20H19BrN2O2. The summed E-state index contributed by atoms with van der Waals surface area (Å²) in [6, 6.07) is 17.3. The van der Waals surface area contributed by atoms with E-state index in [4.69, 9.17) is 4.98 Å². The molecule has 3 rings (SSSR count). The maximum Gasteiger partial charge on any atom is 0.254 e. The second-order valence-corrected chi connectivity index (χ2v) is 6.60. The molecule has 128 valence electrons. The third-order valence-electron chi connectivity index (χ3n) is 4.13. The van der Waals surface area contributed by atoms with Crippen LogP contribution in [0.25, 0.3) is 22.2 Å². The summed E-state index contributed by atoms with van der Waals surface area (Å²) in [4.78, 5) is 19.4. The van der Waals surface area contributed by atoms with Crippen LogP contribution in [0, 0.1) is 0 Å². The van der Waals surface area contributed by atoms with Gasteiger partial charge in [0.25, 0.3) is 5.91 Å². The van der Waals surface area contributed by atoms with Crippen LogP contribution in [0.1, 0.15) is 17.3 Å². The highest BCUT2D eigenvalue weighted by atomic mass is 79.9. The van der Waals surface area contributed by atoms with Gasteiger partial charge in [0.1, 0.15) is 0 Å². The fraction of sp³-hybridized carbons (Fsp3) is 0.200. The van der Waals surface area contributed by atoms with Gasteiger partial charge < -0.3 is 10.0 Å². The Hall–Kier alpha value is -2.24. The van der Waals surface area contributed by atoms with Crippen LogP contribution in [0.4, 0.5) is 0 Å². The zero-order valence-electron chi connectivity index (χ0n) is 13.9. The number of hydrogen-bond donors (Lipinski definition) is 1. The van der Waals surface area contributed by atoms with Crippen LogP contribution in [-0.2, 0) is 0 Å². The molecule has 25 heavy (non-hydrogen) atoms. The lowest BCUT2D eigenvalue weighted by atomic mass is 10.0. The number of nitrogens with zero attached hydrogens (tertiary/aromatic N) is 2. The molecule has 0 fully saturated rings. The van der Waals surface area contributed by atoms with Crippen LogP contribution < -0.4 is 0 Å². The molecule has 0 unspecified atom stereocenters. The lowest BCUT2D eigenvalue weighted by Crippen LogP contribution is -2.33. The molecule has 3 aromatic rings. The predicted octanol–water partition coefficient (Wildman–Crippen LogP) is 4.12. The van der Waals surface area contributed by atoms with E-state index >= 15 is 0 Å². The van der Waals surface area contributed by atoms with Gasteiger partial charge in [-0.2, -0.15) is 0 Å². The number of rotatable bonds is 5. The number of carbonyl (C=O) groups is 1. The number of likely N-dealkylation sites (N-methyl/N-ethyl adjacent to an activating group) is 1. The van der Waals surface area contributed by atoms with Crippen LogP contribution in [0.15, 0.2) is 59.1 Å². The first-order valence-corrected chi connectivity index (χ1v) is 8.99. The van der Waals surface area contributed by atoms with Crippen molar-refractivity contribution in [2.24, 2.45) is 0 Å².